The zero-order chi connectivity index (χ0) is 21.0. The molecule has 8 heteroatoms. The molecule has 0 saturated carbocycles. The summed E-state index contributed by atoms with van der Waals surface area (Å²) in [5, 5.41) is 12.0. The lowest BCUT2D eigenvalue weighted by atomic mass is 10.1. The fourth-order valence-electron chi connectivity index (χ4n) is 2.44. The number of nitrogens with zero attached hydrogens (tertiary/aromatic N) is 1. The van der Waals surface area contributed by atoms with Crippen molar-refractivity contribution in [3.8, 4) is 11.5 Å². The van der Waals surface area contributed by atoms with Crippen LogP contribution in [-0.2, 0) is 0 Å². The molecule has 29 heavy (non-hydrogen) atoms. The van der Waals surface area contributed by atoms with Crippen molar-refractivity contribution in [2.45, 2.75) is 0 Å². The topological polar surface area (TPSA) is 69.4 Å². The van der Waals surface area contributed by atoms with E-state index in [-0.39, 0.29) is 27.8 Å². The Morgan fingerprint density at radius 2 is 1.76 bits per heavy atom. The number of rotatable bonds is 6. The molecule has 0 unspecified atom stereocenters. The minimum Gasteiger partial charge on any atom is -0.450 e. The predicted octanol–water partition coefficient (Wildman–Crippen LogP) is 6.73. The van der Waals surface area contributed by atoms with Crippen LogP contribution < -0.4 is 4.74 Å². The van der Waals surface area contributed by atoms with Crippen LogP contribution >= 0.6 is 23.2 Å². The van der Waals surface area contributed by atoms with E-state index >= 15 is 0 Å². The quantitative estimate of drug-likeness (QED) is 0.187. The maximum atomic E-state index is 13.0. The molecule has 0 radical (unpaired) electrons. The van der Waals surface area contributed by atoms with Gasteiger partial charge < -0.3 is 4.74 Å². The molecular weight excluding hydrogens is 420 g/mol. The van der Waals surface area contributed by atoms with Crippen molar-refractivity contribution in [3.63, 3.8) is 0 Å². The van der Waals surface area contributed by atoms with Crippen LogP contribution in [0, 0.1) is 15.9 Å². The van der Waals surface area contributed by atoms with Gasteiger partial charge >= 0.3 is 5.69 Å². The first-order chi connectivity index (χ1) is 13.8. The summed E-state index contributed by atoms with van der Waals surface area (Å²) in [4.78, 5) is 23.1. The number of hydrogen-bond donors (Lipinski definition) is 0. The van der Waals surface area contributed by atoms with E-state index in [4.69, 9.17) is 27.9 Å². The number of ether oxygens (including phenoxy) is 1. The molecule has 0 N–H and O–H groups in total. The Hall–Kier alpha value is -3.22. The van der Waals surface area contributed by atoms with Gasteiger partial charge in [0.1, 0.15) is 11.6 Å². The van der Waals surface area contributed by atoms with Gasteiger partial charge in [0.25, 0.3) is 0 Å². The molecule has 0 fully saturated rings. The largest absolute Gasteiger partial charge is 0.450 e. The number of allylic oxidation sites excluding steroid dienone is 1. The number of carbonyl (C=O) groups is 1. The summed E-state index contributed by atoms with van der Waals surface area (Å²) < 4.78 is 18.5. The van der Waals surface area contributed by atoms with Crippen LogP contribution in [-0.4, -0.2) is 10.7 Å². The van der Waals surface area contributed by atoms with E-state index in [0.29, 0.717) is 10.6 Å². The highest BCUT2D eigenvalue weighted by Gasteiger charge is 2.17. The van der Waals surface area contributed by atoms with Crippen LogP contribution in [0.1, 0.15) is 15.9 Å². The Morgan fingerprint density at radius 3 is 2.45 bits per heavy atom. The van der Waals surface area contributed by atoms with Gasteiger partial charge in [0, 0.05) is 16.7 Å². The molecule has 0 bridgehead atoms. The smallest absolute Gasteiger partial charge is 0.312 e. The van der Waals surface area contributed by atoms with Crippen LogP contribution in [0.5, 0.6) is 11.5 Å². The normalized spacial score (nSPS) is 10.9. The third-order valence-electron chi connectivity index (χ3n) is 3.84. The summed E-state index contributed by atoms with van der Waals surface area (Å²) in [5.74, 6) is -0.602. The number of benzene rings is 3. The van der Waals surface area contributed by atoms with Crippen LogP contribution in [0.25, 0.3) is 6.08 Å². The van der Waals surface area contributed by atoms with Crippen molar-refractivity contribution in [2.24, 2.45) is 0 Å². The van der Waals surface area contributed by atoms with Crippen molar-refractivity contribution in [1.82, 2.24) is 0 Å². The predicted molar refractivity (Wildman–Crippen MR) is 109 cm³/mol. The van der Waals surface area contributed by atoms with E-state index in [1.165, 1.54) is 60.7 Å². The third kappa shape index (κ3) is 5.19. The summed E-state index contributed by atoms with van der Waals surface area (Å²) in [6, 6.07) is 13.8. The Kier molecular flexibility index (Phi) is 6.26. The maximum absolute atomic E-state index is 13.0. The van der Waals surface area contributed by atoms with Crippen LogP contribution in [0.15, 0.2) is 66.7 Å². The molecule has 3 aromatic rings. The number of ketones is 1. The van der Waals surface area contributed by atoms with E-state index in [1.54, 1.807) is 12.1 Å². The minimum absolute atomic E-state index is 0.0111. The molecule has 0 amide bonds. The van der Waals surface area contributed by atoms with Gasteiger partial charge in [-0.25, -0.2) is 4.39 Å². The molecule has 3 rings (SSSR count). The Balaban J connectivity index is 1.85. The second-order valence-electron chi connectivity index (χ2n) is 5.86. The van der Waals surface area contributed by atoms with Crippen molar-refractivity contribution >= 4 is 40.7 Å². The van der Waals surface area contributed by atoms with E-state index in [0.717, 1.165) is 0 Å². The van der Waals surface area contributed by atoms with Gasteiger partial charge in [-0.1, -0.05) is 35.3 Å². The Bertz CT molecular complexity index is 1110. The fourth-order valence-corrected chi connectivity index (χ4v) is 2.83. The molecule has 3 aromatic carbocycles. The lowest BCUT2D eigenvalue weighted by Crippen LogP contribution is -1.96. The van der Waals surface area contributed by atoms with Crippen LogP contribution in [0.2, 0.25) is 10.0 Å². The molecule has 0 atom stereocenters. The number of carbonyl (C=O) groups excluding carboxylic acids is 1. The standard InChI is InChI=1S/C21H12Cl2FNO4/c22-14-3-8-18(23)17(12-14)20(26)9-1-13-2-10-21(19(11-13)25(27)28)29-16-6-4-15(24)5-7-16/h1-12H/b9-1-. The Morgan fingerprint density at radius 1 is 1.03 bits per heavy atom. The average molecular weight is 432 g/mol. The van der Waals surface area contributed by atoms with Gasteiger partial charge in [-0.3, -0.25) is 14.9 Å². The van der Waals surface area contributed by atoms with Gasteiger partial charge in [0.05, 0.1) is 9.95 Å². The molecular formula is C21H12Cl2FNO4. The first-order valence-electron chi connectivity index (χ1n) is 8.23. The third-order valence-corrected chi connectivity index (χ3v) is 4.41. The van der Waals surface area contributed by atoms with Crippen LogP contribution in [0.4, 0.5) is 10.1 Å². The monoisotopic (exact) mass is 431 g/mol. The summed E-state index contributed by atoms with van der Waals surface area (Å²) in [6.45, 7) is 0. The molecule has 0 heterocycles. The van der Waals surface area contributed by atoms with Crippen molar-refractivity contribution < 1.29 is 18.8 Å². The summed E-state index contributed by atoms with van der Waals surface area (Å²) in [6.07, 6.45) is 2.67. The molecule has 0 spiro atoms. The van der Waals surface area contributed by atoms with E-state index in [9.17, 15) is 19.3 Å². The summed E-state index contributed by atoms with van der Waals surface area (Å²) >= 11 is 11.9. The van der Waals surface area contributed by atoms with E-state index in [2.05, 4.69) is 0 Å². The molecule has 0 aliphatic carbocycles. The molecule has 5 nitrogen and oxygen atoms in total. The molecule has 0 saturated heterocycles. The summed E-state index contributed by atoms with van der Waals surface area (Å²) in [7, 11) is 0. The highest BCUT2D eigenvalue weighted by atomic mass is 35.5. The number of hydrogen-bond acceptors (Lipinski definition) is 4. The second-order valence-corrected chi connectivity index (χ2v) is 6.71. The number of nitro benzene ring substituents is 1. The zero-order valence-electron chi connectivity index (χ0n) is 14.6. The van der Waals surface area contributed by atoms with Gasteiger partial charge in [-0.05, 0) is 60.2 Å². The highest BCUT2D eigenvalue weighted by Crippen LogP contribution is 2.32. The first kappa shape index (κ1) is 20.5. The van der Waals surface area contributed by atoms with Crippen molar-refractivity contribution in [1.29, 1.82) is 0 Å². The van der Waals surface area contributed by atoms with Crippen molar-refractivity contribution in [3.05, 3.63) is 104 Å². The highest BCUT2D eigenvalue weighted by molar-refractivity contribution is 6.36. The average Bonchev–Trinajstić information content (AvgIpc) is 2.70. The molecule has 0 aliphatic rings. The second kappa shape index (κ2) is 8.86. The lowest BCUT2D eigenvalue weighted by molar-refractivity contribution is -0.385. The molecule has 0 aliphatic heterocycles. The van der Waals surface area contributed by atoms with Crippen molar-refractivity contribution in [2.75, 3.05) is 0 Å². The van der Waals surface area contributed by atoms with Gasteiger partial charge in [-0.15, -0.1) is 0 Å². The first-order valence-corrected chi connectivity index (χ1v) is 8.98. The fraction of sp³-hybridized carbons (Fsp3) is 0. The SMILES string of the molecule is O=C(/C=C\c1ccc(Oc2ccc(F)cc2)c([N+](=O)[O-])c1)c1cc(Cl)ccc1Cl. The van der Waals surface area contributed by atoms with Gasteiger partial charge in [0.2, 0.25) is 5.75 Å². The molecule has 146 valence electrons. The maximum Gasteiger partial charge on any atom is 0.312 e. The van der Waals surface area contributed by atoms with E-state index < -0.39 is 16.5 Å². The lowest BCUT2D eigenvalue weighted by Gasteiger charge is -2.07. The number of halogens is 3. The van der Waals surface area contributed by atoms with Gasteiger partial charge in [0.15, 0.2) is 5.78 Å². The molecule has 0 aromatic heterocycles. The summed E-state index contributed by atoms with van der Waals surface area (Å²) in [5.41, 5.74) is 0.334. The Labute approximate surface area is 175 Å². The number of nitro groups is 1. The van der Waals surface area contributed by atoms with Gasteiger partial charge in [-0.2, -0.15) is 0 Å². The van der Waals surface area contributed by atoms with E-state index in [1.807, 2.05) is 0 Å². The van der Waals surface area contributed by atoms with Crippen LogP contribution in [0.3, 0.4) is 0 Å². The minimum atomic E-state index is -0.605. The zero-order valence-corrected chi connectivity index (χ0v) is 16.2.